The van der Waals surface area contributed by atoms with Crippen LogP contribution in [0.3, 0.4) is 0 Å². The number of para-hydroxylation sites is 1. The molecular formula is C20H21N5O2. The quantitative estimate of drug-likeness (QED) is 0.538. The van der Waals surface area contributed by atoms with Crippen LogP contribution in [0.1, 0.15) is 25.5 Å². The van der Waals surface area contributed by atoms with Crippen molar-refractivity contribution >= 4 is 17.0 Å². The Kier molecular flexibility index (Phi) is 4.50. The van der Waals surface area contributed by atoms with Crippen molar-refractivity contribution in [1.82, 2.24) is 19.5 Å². The molecule has 0 aliphatic carbocycles. The number of aromatic hydroxyl groups is 1. The van der Waals surface area contributed by atoms with Gasteiger partial charge in [0.15, 0.2) is 23.0 Å². The van der Waals surface area contributed by atoms with Crippen molar-refractivity contribution in [2.45, 2.75) is 26.3 Å². The SMILES string of the molecule is CC(C)n1cnc2c(NCCc3ccccc3O)nc(-c3ccco3)nc21. The van der Waals surface area contributed by atoms with E-state index in [1.165, 1.54) is 0 Å². The number of imidazole rings is 1. The van der Waals surface area contributed by atoms with Gasteiger partial charge in [0.1, 0.15) is 11.3 Å². The van der Waals surface area contributed by atoms with E-state index in [1.54, 1.807) is 18.7 Å². The minimum Gasteiger partial charge on any atom is -0.508 e. The number of hydrogen-bond donors (Lipinski definition) is 2. The number of fused-ring (bicyclic) bond motifs is 1. The van der Waals surface area contributed by atoms with E-state index in [9.17, 15) is 5.11 Å². The van der Waals surface area contributed by atoms with Gasteiger partial charge < -0.3 is 19.4 Å². The summed E-state index contributed by atoms with van der Waals surface area (Å²) >= 11 is 0. The summed E-state index contributed by atoms with van der Waals surface area (Å²) in [5.41, 5.74) is 2.36. The van der Waals surface area contributed by atoms with E-state index in [0.717, 1.165) is 16.7 Å². The maximum Gasteiger partial charge on any atom is 0.199 e. The van der Waals surface area contributed by atoms with Gasteiger partial charge in [0.25, 0.3) is 0 Å². The average Bonchev–Trinajstić information content (AvgIpc) is 3.32. The smallest absolute Gasteiger partial charge is 0.199 e. The zero-order chi connectivity index (χ0) is 18.8. The molecule has 27 heavy (non-hydrogen) atoms. The Labute approximate surface area is 156 Å². The van der Waals surface area contributed by atoms with Crippen LogP contribution in [0.15, 0.2) is 53.4 Å². The molecule has 2 N–H and O–H groups in total. The first-order valence-corrected chi connectivity index (χ1v) is 8.92. The Morgan fingerprint density at radius 1 is 1.15 bits per heavy atom. The molecular weight excluding hydrogens is 342 g/mol. The van der Waals surface area contributed by atoms with E-state index < -0.39 is 0 Å². The molecule has 4 rings (SSSR count). The maximum absolute atomic E-state index is 9.93. The highest BCUT2D eigenvalue weighted by molar-refractivity contribution is 5.84. The van der Waals surface area contributed by atoms with Crippen LogP contribution in [0.5, 0.6) is 5.75 Å². The van der Waals surface area contributed by atoms with E-state index in [4.69, 9.17) is 4.42 Å². The summed E-state index contributed by atoms with van der Waals surface area (Å²) in [6.07, 6.45) is 4.05. The van der Waals surface area contributed by atoms with E-state index in [0.29, 0.717) is 36.1 Å². The summed E-state index contributed by atoms with van der Waals surface area (Å²) in [4.78, 5) is 13.8. The summed E-state index contributed by atoms with van der Waals surface area (Å²) in [5, 5.41) is 13.3. The molecule has 0 spiro atoms. The molecule has 0 atom stereocenters. The Balaban J connectivity index is 1.67. The van der Waals surface area contributed by atoms with Crippen molar-refractivity contribution in [3.8, 4) is 17.3 Å². The molecule has 138 valence electrons. The number of benzene rings is 1. The second kappa shape index (κ2) is 7.11. The molecule has 3 aromatic heterocycles. The molecule has 3 heterocycles. The standard InChI is InChI=1S/C20H21N5O2/c1-13(2)25-12-22-17-19(21-10-9-14-6-3-4-7-15(14)26)23-18(24-20(17)25)16-8-5-11-27-16/h3-8,11-13,26H,9-10H2,1-2H3,(H,21,23,24). The first-order chi connectivity index (χ1) is 13.1. The Morgan fingerprint density at radius 2 is 2.00 bits per heavy atom. The van der Waals surface area contributed by atoms with Crippen molar-refractivity contribution in [3.63, 3.8) is 0 Å². The molecule has 7 heteroatoms. The monoisotopic (exact) mass is 363 g/mol. The van der Waals surface area contributed by atoms with Crippen LogP contribution in [-0.2, 0) is 6.42 Å². The molecule has 0 bridgehead atoms. The molecule has 1 aromatic carbocycles. The number of nitrogens with zero attached hydrogens (tertiary/aromatic N) is 4. The predicted molar refractivity (Wildman–Crippen MR) is 104 cm³/mol. The van der Waals surface area contributed by atoms with Crippen LogP contribution in [0, 0.1) is 0 Å². The highest BCUT2D eigenvalue weighted by atomic mass is 16.3. The first kappa shape index (κ1) is 17.1. The summed E-state index contributed by atoms with van der Waals surface area (Å²) < 4.78 is 7.49. The Morgan fingerprint density at radius 3 is 2.74 bits per heavy atom. The van der Waals surface area contributed by atoms with Gasteiger partial charge in [-0.1, -0.05) is 18.2 Å². The molecule has 0 radical (unpaired) electrons. The van der Waals surface area contributed by atoms with Gasteiger partial charge in [-0.3, -0.25) is 0 Å². The third-order valence-corrected chi connectivity index (χ3v) is 4.40. The average molecular weight is 363 g/mol. The summed E-state index contributed by atoms with van der Waals surface area (Å²) in [6, 6.07) is 11.2. The second-order valence-electron chi connectivity index (χ2n) is 6.60. The van der Waals surface area contributed by atoms with Crippen molar-refractivity contribution in [2.24, 2.45) is 0 Å². The van der Waals surface area contributed by atoms with E-state index in [-0.39, 0.29) is 6.04 Å². The van der Waals surface area contributed by atoms with Crippen molar-refractivity contribution in [2.75, 3.05) is 11.9 Å². The third-order valence-electron chi connectivity index (χ3n) is 4.40. The van der Waals surface area contributed by atoms with Gasteiger partial charge in [-0.05, 0) is 44.0 Å². The first-order valence-electron chi connectivity index (χ1n) is 8.92. The Hall–Kier alpha value is -3.35. The molecule has 0 saturated carbocycles. The summed E-state index contributed by atoms with van der Waals surface area (Å²) in [5.74, 6) is 2.07. The zero-order valence-electron chi connectivity index (χ0n) is 15.3. The van der Waals surface area contributed by atoms with Crippen LogP contribution >= 0.6 is 0 Å². The van der Waals surface area contributed by atoms with E-state index in [2.05, 4.69) is 34.1 Å². The molecule has 4 aromatic rings. The van der Waals surface area contributed by atoms with E-state index in [1.807, 2.05) is 34.9 Å². The van der Waals surface area contributed by atoms with Gasteiger partial charge in [-0.25, -0.2) is 15.0 Å². The van der Waals surface area contributed by atoms with Gasteiger partial charge >= 0.3 is 0 Å². The number of anilines is 1. The van der Waals surface area contributed by atoms with Crippen molar-refractivity contribution < 1.29 is 9.52 Å². The molecule has 0 aliphatic rings. The number of aromatic nitrogens is 4. The number of hydrogen-bond acceptors (Lipinski definition) is 6. The van der Waals surface area contributed by atoms with Crippen LogP contribution in [-0.4, -0.2) is 31.2 Å². The number of rotatable bonds is 6. The fraction of sp³-hybridized carbons (Fsp3) is 0.250. The lowest BCUT2D eigenvalue weighted by molar-refractivity contribution is 0.468. The predicted octanol–water partition coefficient (Wildman–Crippen LogP) is 4.03. The van der Waals surface area contributed by atoms with E-state index >= 15 is 0 Å². The van der Waals surface area contributed by atoms with Crippen LogP contribution in [0.25, 0.3) is 22.7 Å². The molecule has 0 fully saturated rings. The molecule has 0 amide bonds. The highest BCUT2D eigenvalue weighted by Crippen LogP contribution is 2.26. The Bertz CT molecular complexity index is 1050. The third kappa shape index (κ3) is 3.36. The van der Waals surface area contributed by atoms with Crippen LogP contribution < -0.4 is 5.32 Å². The minimum absolute atomic E-state index is 0.225. The number of phenolic OH excluding ortho intramolecular Hbond substituents is 1. The number of furan rings is 1. The minimum atomic E-state index is 0.225. The second-order valence-corrected chi connectivity index (χ2v) is 6.60. The number of nitrogens with one attached hydrogen (secondary N) is 1. The van der Waals surface area contributed by atoms with Gasteiger partial charge in [-0.2, -0.15) is 0 Å². The van der Waals surface area contributed by atoms with Crippen molar-refractivity contribution in [1.29, 1.82) is 0 Å². The van der Waals surface area contributed by atoms with Gasteiger partial charge in [0.05, 0.1) is 12.6 Å². The highest BCUT2D eigenvalue weighted by Gasteiger charge is 2.16. The maximum atomic E-state index is 9.93. The van der Waals surface area contributed by atoms with Gasteiger partial charge in [0.2, 0.25) is 0 Å². The molecule has 0 saturated heterocycles. The fourth-order valence-corrected chi connectivity index (χ4v) is 2.97. The lowest BCUT2D eigenvalue weighted by atomic mass is 10.1. The molecule has 7 nitrogen and oxygen atoms in total. The van der Waals surface area contributed by atoms with Crippen LogP contribution in [0.4, 0.5) is 5.82 Å². The van der Waals surface area contributed by atoms with Crippen molar-refractivity contribution in [3.05, 3.63) is 54.6 Å². The largest absolute Gasteiger partial charge is 0.508 e. The fourth-order valence-electron chi connectivity index (χ4n) is 2.97. The molecule has 0 aliphatic heterocycles. The number of phenols is 1. The zero-order valence-corrected chi connectivity index (χ0v) is 15.3. The van der Waals surface area contributed by atoms with Gasteiger partial charge in [0, 0.05) is 12.6 Å². The van der Waals surface area contributed by atoms with Crippen LogP contribution in [0.2, 0.25) is 0 Å². The van der Waals surface area contributed by atoms with Gasteiger partial charge in [-0.15, -0.1) is 0 Å². The topological polar surface area (TPSA) is 89.0 Å². The molecule has 0 unspecified atom stereocenters. The normalized spacial score (nSPS) is 11.4. The summed E-state index contributed by atoms with van der Waals surface area (Å²) in [6.45, 7) is 4.78. The summed E-state index contributed by atoms with van der Waals surface area (Å²) in [7, 11) is 0. The lowest BCUT2D eigenvalue weighted by Crippen LogP contribution is -2.09. The lowest BCUT2D eigenvalue weighted by Gasteiger charge is -2.11.